The fraction of sp³-hybridized carbons (Fsp3) is 0.538. The third kappa shape index (κ3) is 4.82. The number of hydrogen-bond acceptors (Lipinski definition) is 4. The molecule has 0 spiro atoms. The molecule has 0 aliphatic carbocycles. The van der Waals surface area contributed by atoms with Crippen LogP contribution in [0.1, 0.15) is 11.1 Å². The van der Waals surface area contributed by atoms with Crippen LogP contribution in [0.5, 0.6) is 0 Å². The van der Waals surface area contributed by atoms with Crippen LogP contribution in [0.2, 0.25) is 0 Å². The van der Waals surface area contributed by atoms with E-state index in [-0.39, 0.29) is 0 Å². The third-order valence-corrected chi connectivity index (χ3v) is 5.60. The van der Waals surface area contributed by atoms with Gasteiger partial charge < -0.3 is 10.2 Å². The van der Waals surface area contributed by atoms with Gasteiger partial charge in [0.2, 0.25) is 10.0 Å². The van der Waals surface area contributed by atoms with Gasteiger partial charge in [0.1, 0.15) is 0 Å². The lowest BCUT2D eigenvalue weighted by atomic mass is 10.1. The predicted molar refractivity (Wildman–Crippen MR) is 85.4 cm³/mol. The Kier molecular flexibility index (Phi) is 6.60. The predicted octanol–water partition coefficient (Wildman–Crippen LogP) is 1.32. The molecule has 20 heavy (non-hydrogen) atoms. The number of aryl methyl sites for hydroxylation is 1. The van der Waals surface area contributed by atoms with Gasteiger partial charge in [-0.1, -0.05) is 6.07 Å². The smallest absolute Gasteiger partial charge is 0.241 e. The van der Waals surface area contributed by atoms with E-state index in [9.17, 15) is 8.42 Å². The number of halogens is 1. The molecule has 0 heterocycles. The molecule has 0 unspecified atom stereocenters. The van der Waals surface area contributed by atoms with Crippen LogP contribution in [0.15, 0.2) is 21.5 Å². The van der Waals surface area contributed by atoms with Crippen molar-refractivity contribution in [2.45, 2.75) is 18.4 Å². The molecule has 0 saturated heterocycles. The highest BCUT2D eigenvalue weighted by molar-refractivity contribution is 9.10. The van der Waals surface area contributed by atoms with Crippen molar-refractivity contribution in [2.75, 3.05) is 34.2 Å². The van der Waals surface area contributed by atoms with Crippen molar-refractivity contribution in [3.63, 3.8) is 0 Å². The molecule has 0 bridgehead atoms. The number of benzene rings is 1. The van der Waals surface area contributed by atoms with Crippen LogP contribution in [0.4, 0.5) is 0 Å². The van der Waals surface area contributed by atoms with Crippen LogP contribution in [0, 0.1) is 6.92 Å². The van der Waals surface area contributed by atoms with Gasteiger partial charge in [-0.05, 0) is 61.2 Å². The van der Waals surface area contributed by atoms with Crippen LogP contribution < -0.4 is 10.0 Å². The summed E-state index contributed by atoms with van der Waals surface area (Å²) in [5.41, 5.74) is 1.85. The Morgan fingerprint density at radius 1 is 1.30 bits per heavy atom. The maximum atomic E-state index is 12.4. The van der Waals surface area contributed by atoms with Crippen LogP contribution >= 0.6 is 15.9 Å². The van der Waals surface area contributed by atoms with Gasteiger partial charge in [0, 0.05) is 24.1 Å². The van der Waals surface area contributed by atoms with Crippen LogP contribution in [0.3, 0.4) is 0 Å². The first-order valence-corrected chi connectivity index (χ1v) is 8.63. The number of nitrogens with one attached hydrogen (secondary N) is 2. The first-order chi connectivity index (χ1) is 9.27. The Bertz CT molecular complexity index is 559. The molecule has 0 radical (unpaired) electrons. The summed E-state index contributed by atoms with van der Waals surface area (Å²) in [5, 5.41) is 3.03. The third-order valence-electron chi connectivity index (χ3n) is 2.80. The molecule has 7 heteroatoms. The molecule has 0 aliphatic rings. The minimum absolute atomic E-state index is 0.293. The van der Waals surface area contributed by atoms with Gasteiger partial charge in [-0.3, -0.25) is 0 Å². The van der Waals surface area contributed by atoms with Crippen LogP contribution in [-0.2, 0) is 16.6 Å². The van der Waals surface area contributed by atoms with Crippen molar-refractivity contribution in [1.29, 1.82) is 0 Å². The molecule has 1 aromatic carbocycles. The van der Waals surface area contributed by atoms with Crippen molar-refractivity contribution in [3.05, 3.63) is 27.7 Å². The van der Waals surface area contributed by atoms with E-state index in [2.05, 4.69) is 26.0 Å². The molecule has 0 atom stereocenters. The molecule has 0 fully saturated rings. The highest BCUT2D eigenvalue weighted by Gasteiger charge is 2.19. The van der Waals surface area contributed by atoms with Crippen molar-refractivity contribution in [1.82, 2.24) is 14.9 Å². The second-order valence-corrected chi connectivity index (χ2v) is 7.48. The summed E-state index contributed by atoms with van der Waals surface area (Å²) in [5.74, 6) is 0. The lowest BCUT2D eigenvalue weighted by Crippen LogP contribution is -2.31. The number of sulfonamides is 1. The van der Waals surface area contributed by atoms with E-state index in [0.717, 1.165) is 11.1 Å². The van der Waals surface area contributed by atoms with Gasteiger partial charge in [0.15, 0.2) is 0 Å². The van der Waals surface area contributed by atoms with E-state index < -0.39 is 10.0 Å². The SMILES string of the molecule is CNCc1cc(C)c(Br)c(S(=O)(=O)NCCN(C)C)c1. The molecule has 0 amide bonds. The van der Waals surface area contributed by atoms with E-state index in [4.69, 9.17) is 0 Å². The van der Waals surface area contributed by atoms with Gasteiger partial charge >= 0.3 is 0 Å². The average Bonchev–Trinajstić information content (AvgIpc) is 2.33. The Hall–Kier alpha value is -0.470. The Morgan fingerprint density at radius 3 is 2.50 bits per heavy atom. The minimum Gasteiger partial charge on any atom is -0.316 e. The number of rotatable bonds is 7. The summed E-state index contributed by atoms with van der Waals surface area (Å²) < 4.78 is 28.0. The average molecular weight is 364 g/mol. The first kappa shape index (κ1) is 17.6. The maximum Gasteiger partial charge on any atom is 0.241 e. The van der Waals surface area contributed by atoms with E-state index >= 15 is 0 Å². The fourth-order valence-electron chi connectivity index (χ4n) is 1.79. The molecule has 2 N–H and O–H groups in total. The largest absolute Gasteiger partial charge is 0.316 e. The van der Waals surface area contributed by atoms with E-state index in [0.29, 0.717) is 29.0 Å². The normalized spacial score (nSPS) is 12.1. The number of likely N-dealkylation sites (N-methyl/N-ethyl adjacent to an activating group) is 1. The summed E-state index contributed by atoms with van der Waals surface area (Å²) in [7, 11) is 2.14. The molecule has 114 valence electrons. The molecular weight excluding hydrogens is 342 g/mol. The lowest BCUT2D eigenvalue weighted by Gasteiger charge is -2.14. The second kappa shape index (κ2) is 7.51. The summed E-state index contributed by atoms with van der Waals surface area (Å²) in [4.78, 5) is 2.22. The first-order valence-electron chi connectivity index (χ1n) is 6.36. The molecular formula is C13H22BrN3O2S. The number of hydrogen-bond donors (Lipinski definition) is 2. The van der Waals surface area contributed by atoms with Gasteiger partial charge in [-0.2, -0.15) is 0 Å². The second-order valence-electron chi connectivity index (χ2n) is 4.96. The topological polar surface area (TPSA) is 61.4 Å². The van der Waals surface area contributed by atoms with Crippen molar-refractivity contribution < 1.29 is 8.42 Å². The van der Waals surface area contributed by atoms with Crippen molar-refractivity contribution in [2.24, 2.45) is 0 Å². The van der Waals surface area contributed by atoms with Crippen molar-refractivity contribution >= 4 is 26.0 Å². The highest BCUT2D eigenvalue weighted by atomic mass is 79.9. The standard InChI is InChI=1S/C13H22BrN3O2S/c1-10-7-11(9-15-2)8-12(13(10)14)20(18,19)16-5-6-17(3)4/h7-8,15-16H,5-6,9H2,1-4H3. The summed E-state index contributed by atoms with van der Waals surface area (Å²) >= 11 is 3.37. The molecule has 0 saturated carbocycles. The van der Waals surface area contributed by atoms with E-state index in [1.165, 1.54) is 0 Å². The fourth-order valence-corrected chi connectivity index (χ4v) is 3.88. The highest BCUT2D eigenvalue weighted by Crippen LogP contribution is 2.27. The number of nitrogens with zero attached hydrogens (tertiary/aromatic N) is 1. The van der Waals surface area contributed by atoms with Crippen molar-refractivity contribution in [3.8, 4) is 0 Å². The molecule has 0 aliphatic heterocycles. The molecule has 1 rings (SSSR count). The quantitative estimate of drug-likeness (QED) is 0.766. The van der Waals surface area contributed by atoms with Crippen LogP contribution in [0.25, 0.3) is 0 Å². The van der Waals surface area contributed by atoms with Gasteiger partial charge in [0.05, 0.1) is 4.90 Å². The minimum atomic E-state index is -3.50. The zero-order valence-corrected chi connectivity index (χ0v) is 14.7. The maximum absolute atomic E-state index is 12.4. The van der Waals surface area contributed by atoms with E-state index in [1.807, 2.05) is 39.0 Å². The van der Waals surface area contributed by atoms with E-state index in [1.54, 1.807) is 6.07 Å². The summed E-state index contributed by atoms with van der Waals surface area (Å²) in [6.45, 7) is 3.57. The van der Waals surface area contributed by atoms with Gasteiger partial charge in [0.25, 0.3) is 0 Å². The zero-order chi connectivity index (χ0) is 15.3. The van der Waals surface area contributed by atoms with Crippen LogP contribution in [-0.4, -0.2) is 47.6 Å². The molecule has 0 aromatic heterocycles. The van der Waals surface area contributed by atoms with Gasteiger partial charge in [-0.15, -0.1) is 0 Å². The Morgan fingerprint density at radius 2 is 1.95 bits per heavy atom. The Balaban J connectivity index is 3.04. The molecule has 1 aromatic rings. The Labute approximate surface area is 129 Å². The molecule has 5 nitrogen and oxygen atoms in total. The lowest BCUT2D eigenvalue weighted by molar-refractivity contribution is 0.412. The monoisotopic (exact) mass is 363 g/mol. The summed E-state index contributed by atoms with van der Waals surface area (Å²) in [6, 6.07) is 3.67. The summed E-state index contributed by atoms with van der Waals surface area (Å²) in [6.07, 6.45) is 0. The van der Waals surface area contributed by atoms with Gasteiger partial charge in [-0.25, -0.2) is 13.1 Å². The zero-order valence-electron chi connectivity index (χ0n) is 12.3.